The molecule has 3 aliphatic carbocycles. The molecule has 5 aliphatic rings. The number of nitrogens with one attached hydrogen (secondary N) is 5. The van der Waals surface area contributed by atoms with Crippen molar-refractivity contribution in [1.29, 1.82) is 0 Å². The van der Waals surface area contributed by atoms with Gasteiger partial charge in [0.1, 0.15) is 26.4 Å². The Morgan fingerprint density at radius 2 is 1.62 bits per heavy atom. The highest BCUT2D eigenvalue weighted by Gasteiger charge is 2.73. The van der Waals surface area contributed by atoms with E-state index >= 15 is 0 Å². The molecule has 8 rings (SSSR count). The third-order valence-electron chi connectivity index (χ3n) is 12.4. The highest BCUT2D eigenvalue weighted by atomic mass is 16.5. The molecule has 2 aromatic carbocycles. The van der Waals surface area contributed by atoms with Crippen molar-refractivity contribution < 1.29 is 43.6 Å². The molecule has 1 spiro atoms. The summed E-state index contributed by atoms with van der Waals surface area (Å²) in [6.45, 7) is 1.94. The van der Waals surface area contributed by atoms with E-state index in [1.807, 2.05) is 24.3 Å². The standard InChI is InChI=1S/C41H52N6O9/c1-42-31(49)20-54-21-32(50)43-14-4-2-3-5-15-44-33(51)22-55-23-34(52)45-28-8-6-7-26-27-18-41(53)30-17-25-11-12-29(48)38-35(25)40(41,13-16-47(30)19-24-9-10-24)39(56-38)37(27)46-36(26)28/h6-8,11-12,24,30,39,46,48,53H,2-5,9-10,13-23H2,1H3,(H,42,49)(H,43,50)(H,44,51)(H,45,52)/t30-,39-,40-,41+/m0/s1. The molecule has 1 saturated carbocycles. The molecule has 0 unspecified atom stereocenters. The van der Waals surface area contributed by atoms with Crippen LogP contribution in [0.4, 0.5) is 5.69 Å². The van der Waals surface area contributed by atoms with Crippen molar-refractivity contribution in [3.05, 3.63) is 52.7 Å². The second-order valence-electron chi connectivity index (χ2n) is 16.0. The number of benzene rings is 2. The average molecular weight is 773 g/mol. The van der Waals surface area contributed by atoms with Gasteiger partial charge in [-0.05, 0) is 74.2 Å². The molecule has 300 valence electrons. The van der Waals surface area contributed by atoms with Crippen LogP contribution in [0.3, 0.4) is 0 Å². The highest BCUT2D eigenvalue weighted by Crippen LogP contribution is 2.69. The molecule has 1 aromatic heterocycles. The van der Waals surface area contributed by atoms with Gasteiger partial charge in [-0.2, -0.15) is 0 Å². The lowest BCUT2D eigenvalue weighted by molar-refractivity contribution is -0.173. The van der Waals surface area contributed by atoms with Crippen LogP contribution in [-0.2, 0) is 46.9 Å². The Morgan fingerprint density at radius 3 is 2.32 bits per heavy atom. The van der Waals surface area contributed by atoms with Crippen molar-refractivity contribution in [3.8, 4) is 11.5 Å². The zero-order chi connectivity index (χ0) is 39.0. The van der Waals surface area contributed by atoms with Gasteiger partial charge in [-0.1, -0.05) is 31.0 Å². The number of amides is 4. The molecule has 3 heterocycles. The van der Waals surface area contributed by atoms with Gasteiger partial charge in [0.05, 0.1) is 27.9 Å². The molecule has 15 heteroatoms. The van der Waals surface area contributed by atoms with Gasteiger partial charge in [-0.25, -0.2) is 0 Å². The molecule has 2 bridgehead atoms. The van der Waals surface area contributed by atoms with Gasteiger partial charge in [-0.3, -0.25) is 24.1 Å². The minimum Gasteiger partial charge on any atom is -0.504 e. The lowest BCUT2D eigenvalue weighted by Crippen LogP contribution is -2.74. The molecule has 3 aromatic rings. The van der Waals surface area contributed by atoms with E-state index < -0.39 is 23.0 Å². The summed E-state index contributed by atoms with van der Waals surface area (Å²) in [6, 6.07) is 9.34. The second kappa shape index (κ2) is 15.7. The number of phenols is 1. The number of aromatic nitrogens is 1. The van der Waals surface area contributed by atoms with Gasteiger partial charge in [0, 0.05) is 50.1 Å². The Hall–Kier alpha value is -4.70. The number of likely N-dealkylation sites (tertiary alicyclic amines) is 1. The van der Waals surface area contributed by atoms with E-state index in [2.05, 4.69) is 31.2 Å². The molecule has 2 aliphatic heterocycles. The first-order valence-corrected chi connectivity index (χ1v) is 19.9. The van der Waals surface area contributed by atoms with Crippen molar-refractivity contribution in [2.24, 2.45) is 5.92 Å². The van der Waals surface area contributed by atoms with E-state index in [0.717, 1.165) is 72.1 Å². The van der Waals surface area contributed by atoms with Crippen molar-refractivity contribution in [2.45, 2.75) is 80.9 Å². The summed E-state index contributed by atoms with van der Waals surface area (Å²) in [6.07, 6.45) is 7.06. The third kappa shape index (κ3) is 6.99. The molecule has 0 radical (unpaired) electrons. The number of phenolic OH excluding ortho intramolecular Hbond substituents is 1. The number of nitrogens with zero attached hydrogens (tertiary/aromatic N) is 1. The van der Waals surface area contributed by atoms with E-state index in [4.69, 9.17) is 14.2 Å². The van der Waals surface area contributed by atoms with E-state index in [0.29, 0.717) is 49.7 Å². The number of unbranched alkanes of at least 4 members (excludes halogenated alkanes) is 3. The average Bonchev–Trinajstić information content (AvgIpc) is 3.82. The molecule has 56 heavy (non-hydrogen) atoms. The van der Waals surface area contributed by atoms with Crippen LogP contribution in [0.15, 0.2) is 30.3 Å². The molecule has 1 saturated heterocycles. The summed E-state index contributed by atoms with van der Waals surface area (Å²) in [5.41, 5.74) is 3.39. The number of para-hydroxylation sites is 1. The Balaban J connectivity index is 0.838. The fourth-order valence-corrected chi connectivity index (χ4v) is 9.64. The number of ether oxygens (including phenoxy) is 3. The molecule has 4 amide bonds. The number of fused-ring (bicyclic) bond motifs is 4. The monoisotopic (exact) mass is 772 g/mol. The number of likely N-dealkylation sites (N-methyl/N-ethyl adjacent to an activating group) is 1. The lowest BCUT2D eigenvalue weighted by atomic mass is 9.49. The smallest absolute Gasteiger partial charge is 0.250 e. The maximum atomic E-state index is 13.1. The van der Waals surface area contributed by atoms with Crippen LogP contribution in [0.2, 0.25) is 0 Å². The first kappa shape index (κ1) is 38.2. The predicted molar refractivity (Wildman–Crippen MR) is 205 cm³/mol. The van der Waals surface area contributed by atoms with Gasteiger partial charge < -0.3 is 50.7 Å². The summed E-state index contributed by atoms with van der Waals surface area (Å²) < 4.78 is 17.2. The largest absolute Gasteiger partial charge is 0.504 e. The summed E-state index contributed by atoms with van der Waals surface area (Å²) in [7, 11) is 1.50. The van der Waals surface area contributed by atoms with Crippen LogP contribution in [0.1, 0.15) is 73.4 Å². The number of carbonyl (C=O) groups is 4. The zero-order valence-electron chi connectivity index (χ0n) is 31.8. The van der Waals surface area contributed by atoms with Gasteiger partial charge in [-0.15, -0.1) is 0 Å². The van der Waals surface area contributed by atoms with Crippen molar-refractivity contribution in [1.82, 2.24) is 25.8 Å². The minimum absolute atomic E-state index is 0.0810. The summed E-state index contributed by atoms with van der Waals surface area (Å²) in [5, 5.41) is 35.9. The van der Waals surface area contributed by atoms with Gasteiger partial charge in [0.25, 0.3) is 0 Å². The third-order valence-corrected chi connectivity index (χ3v) is 12.4. The normalized spacial score (nSPS) is 24.2. The quantitative estimate of drug-likeness (QED) is 0.0939. The Labute approximate surface area is 325 Å². The lowest BCUT2D eigenvalue weighted by Gasteiger charge is -2.62. The number of piperidine rings is 1. The summed E-state index contributed by atoms with van der Waals surface area (Å²) >= 11 is 0. The molecule has 4 atom stereocenters. The number of hydrogen-bond donors (Lipinski definition) is 7. The fourth-order valence-electron chi connectivity index (χ4n) is 9.64. The van der Waals surface area contributed by atoms with Crippen LogP contribution in [-0.4, -0.2) is 115 Å². The maximum absolute atomic E-state index is 13.1. The highest BCUT2D eigenvalue weighted by molar-refractivity contribution is 6.03. The molecular weight excluding hydrogens is 720 g/mol. The Morgan fingerprint density at radius 1 is 0.929 bits per heavy atom. The van der Waals surface area contributed by atoms with Crippen LogP contribution in [0.5, 0.6) is 11.5 Å². The number of rotatable bonds is 18. The summed E-state index contributed by atoms with van der Waals surface area (Å²) in [5.74, 6) is -0.0291. The number of carbonyl (C=O) groups excluding carboxylic acids is 4. The Bertz CT molecular complexity index is 2010. The molecule has 2 fully saturated rings. The SMILES string of the molecule is CNC(=O)COCC(=O)NCCCCCCNC(=O)COCC(=O)Nc1cccc2c3c([nH]c12)[C@@H]1Oc2c(O)ccc4c2[C@@]12CCN(CC1CC1)[C@@H](C4)[C@]2(O)C3. The summed E-state index contributed by atoms with van der Waals surface area (Å²) in [4.78, 5) is 54.4. The first-order valence-electron chi connectivity index (χ1n) is 19.9. The van der Waals surface area contributed by atoms with E-state index in [1.165, 1.54) is 19.9 Å². The van der Waals surface area contributed by atoms with Crippen LogP contribution in [0, 0.1) is 5.92 Å². The van der Waals surface area contributed by atoms with E-state index in [9.17, 15) is 29.4 Å². The number of H-pyrrole nitrogens is 1. The van der Waals surface area contributed by atoms with Gasteiger partial charge in [0.2, 0.25) is 23.6 Å². The number of anilines is 1. The first-order chi connectivity index (χ1) is 27.1. The fraction of sp³-hybridized carbons (Fsp3) is 0.561. The van der Waals surface area contributed by atoms with Crippen molar-refractivity contribution in [3.63, 3.8) is 0 Å². The van der Waals surface area contributed by atoms with Crippen LogP contribution >= 0.6 is 0 Å². The number of aliphatic hydroxyl groups is 1. The van der Waals surface area contributed by atoms with Crippen molar-refractivity contribution in [2.75, 3.05) is 65.0 Å². The number of aromatic hydroxyl groups is 1. The minimum atomic E-state index is -1.11. The van der Waals surface area contributed by atoms with E-state index in [1.54, 1.807) is 6.07 Å². The predicted octanol–water partition coefficient (Wildman–Crippen LogP) is 2.08. The zero-order valence-corrected chi connectivity index (χ0v) is 31.8. The molecule has 15 nitrogen and oxygen atoms in total. The second-order valence-corrected chi connectivity index (χ2v) is 16.0. The van der Waals surface area contributed by atoms with Gasteiger partial charge >= 0.3 is 0 Å². The van der Waals surface area contributed by atoms with Crippen molar-refractivity contribution >= 4 is 40.2 Å². The van der Waals surface area contributed by atoms with Crippen LogP contribution < -0.4 is 26.0 Å². The maximum Gasteiger partial charge on any atom is 0.250 e. The Kier molecular flexibility index (Phi) is 10.7. The van der Waals surface area contributed by atoms with Gasteiger partial charge in [0.15, 0.2) is 17.6 Å². The number of hydrogen-bond acceptors (Lipinski definition) is 10. The topological polar surface area (TPSA) is 204 Å². The van der Waals surface area contributed by atoms with E-state index in [-0.39, 0.29) is 55.9 Å². The molecule has 7 N–H and O–H groups in total. The molecular formula is C41H52N6O9. The number of aromatic amines is 1. The van der Waals surface area contributed by atoms with Crippen LogP contribution in [0.25, 0.3) is 10.9 Å².